The number of phenolic OH excluding ortho intramolecular Hbond substituents is 1. The van der Waals surface area contributed by atoms with Gasteiger partial charge in [-0.15, -0.1) is 0 Å². The summed E-state index contributed by atoms with van der Waals surface area (Å²) < 4.78 is 0. The lowest BCUT2D eigenvalue weighted by atomic mass is 9.97. The van der Waals surface area contributed by atoms with Gasteiger partial charge in [-0.2, -0.15) is 0 Å². The summed E-state index contributed by atoms with van der Waals surface area (Å²) in [5.74, 6) is 0.351. The van der Waals surface area contributed by atoms with Crippen LogP contribution in [0.15, 0.2) is 12.1 Å². The number of phenols is 1. The number of nitrogens with two attached hydrogens (primary N) is 1. The molecule has 2 nitrogen and oxygen atoms in total. The molecule has 1 rings (SSSR count). The Morgan fingerprint density at radius 3 is 2.46 bits per heavy atom. The first-order valence-corrected chi connectivity index (χ1v) is 4.62. The first kappa shape index (κ1) is 10.1. The maximum atomic E-state index is 9.44. The van der Waals surface area contributed by atoms with E-state index >= 15 is 0 Å². The van der Waals surface area contributed by atoms with E-state index in [9.17, 15) is 5.11 Å². The molecule has 0 amide bonds. The van der Waals surface area contributed by atoms with Crippen molar-refractivity contribution in [2.24, 2.45) is 5.73 Å². The predicted molar refractivity (Wildman–Crippen MR) is 54.8 cm³/mol. The molecule has 2 heteroatoms. The Morgan fingerprint density at radius 1 is 1.31 bits per heavy atom. The number of rotatable bonds is 2. The fraction of sp³-hybridized carbons (Fsp3) is 0.455. The van der Waals surface area contributed by atoms with Crippen molar-refractivity contribution in [3.63, 3.8) is 0 Å². The first-order valence-electron chi connectivity index (χ1n) is 4.62. The fourth-order valence-electron chi connectivity index (χ4n) is 1.44. The Balaban J connectivity index is 3.15. The number of aryl methyl sites for hydroxylation is 2. The van der Waals surface area contributed by atoms with Crippen LogP contribution in [0, 0.1) is 13.8 Å². The average molecular weight is 179 g/mol. The zero-order chi connectivity index (χ0) is 10.0. The normalized spacial score (nSPS) is 12.9. The van der Waals surface area contributed by atoms with Crippen LogP contribution in [0.2, 0.25) is 0 Å². The van der Waals surface area contributed by atoms with E-state index in [4.69, 9.17) is 5.73 Å². The molecule has 0 aliphatic heterocycles. The Kier molecular flexibility index (Phi) is 2.94. The molecule has 0 fully saturated rings. The van der Waals surface area contributed by atoms with Crippen LogP contribution < -0.4 is 5.73 Å². The van der Waals surface area contributed by atoms with Gasteiger partial charge in [-0.1, -0.05) is 13.0 Å². The minimum atomic E-state index is 0.0827. The zero-order valence-electron chi connectivity index (χ0n) is 8.46. The Hall–Kier alpha value is -1.02. The molecule has 0 spiro atoms. The fourth-order valence-corrected chi connectivity index (χ4v) is 1.44. The highest BCUT2D eigenvalue weighted by molar-refractivity contribution is 5.41. The highest BCUT2D eigenvalue weighted by Gasteiger charge is 2.08. The van der Waals surface area contributed by atoms with E-state index in [1.54, 1.807) is 6.07 Å². The lowest BCUT2D eigenvalue weighted by Crippen LogP contribution is -2.10. The van der Waals surface area contributed by atoms with E-state index < -0.39 is 0 Å². The van der Waals surface area contributed by atoms with Crippen molar-refractivity contribution in [3.8, 4) is 5.75 Å². The van der Waals surface area contributed by atoms with E-state index in [1.807, 2.05) is 19.9 Å². The quantitative estimate of drug-likeness (QED) is 0.732. The zero-order valence-corrected chi connectivity index (χ0v) is 8.46. The Labute approximate surface area is 79.4 Å². The van der Waals surface area contributed by atoms with Gasteiger partial charge in [0.2, 0.25) is 0 Å². The number of aromatic hydroxyl groups is 1. The van der Waals surface area contributed by atoms with Gasteiger partial charge in [0.15, 0.2) is 0 Å². The minimum Gasteiger partial charge on any atom is -0.508 e. The summed E-state index contributed by atoms with van der Waals surface area (Å²) in [6, 6.07) is 3.83. The maximum Gasteiger partial charge on any atom is 0.118 e. The van der Waals surface area contributed by atoms with Gasteiger partial charge in [0.25, 0.3) is 0 Å². The standard InChI is InChI=1S/C11H17NO/c1-4-10(12)9-5-8(3)11(13)6-7(9)2/h5-6,10,13H,4,12H2,1-3H3/t10-/m1/s1. The van der Waals surface area contributed by atoms with E-state index in [-0.39, 0.29) is 6.04 Å². The molecular formula is C11H17NO. The van der Waals surface area contributed by atoms with Crippen LogP contribution in [0.25, 0.3) is 0 Å². The van der Waals surface area contributed by atoms with Gasteiger partial charge in [-0.05, 0) is 43.0 Å². The third-order valence-electron chi connectivity index (χ3n) is 2.42. The van der Waals surface area contributed by atoms with E-state index in [0.29, 0.717) is 5.75 Å². The van der Waals surface area contributed by atoms with Crippen LogP contribution in [0.1, 0.15) is 36.1 Å². The molecule has 0 saturated heterocycles. The summed E-state index contributed by atoms with van der Waals surface area (Å²) in [5, 5.41) is 9.44. The molecule has 0 heterocycles. The van der Waals surface area contributed by atoms with Gasteiger partial charge in [0, 0.05) is 6.04 Å². The maximum absolute atomic E-state index is 9.44. The predicted octanol–water partition coefficient (Wildman–Crippen LogP) is 2.42. The molecule has 13 heavy (non-hydrogen) atoms. The molecule has 72 valence electrons. The highest BCUT2D eigenvalue weighted by Crippen LogP contribution is 2.25. The summed E-state index contributed by atoms with van der Waals surface area (Å²) >= 11 is 0. The van der Waals surface area contributed by atoms with Crippen LogP contribution in [0.3, 0.4) is 0 Å². The van der Waals surface area contributed by atoms with Gasteiger partial charge in [0.05, 0.1) is 0 Å². The Morgan fingerprint density at radius 2 is 1.92 bits per heavy atom. The van der Waals surface area contributed by atoms with E-state index in [1.165, 1.54) is 0 Å². The molecule has 1 atom stereocenters. The SMILES string of the molecule is CC[C@@H](N)c1cc(C)c(O)cc1C. The topological polar surface area (TPSA) is 46.2 Å². The van der Waals surface area contributed by atoms with Gasteiger partial charge in [-0.3, -0.25) is 0 Å². The van der Waals surface area contributed by atoms with E-state index in [0.717, 1.165) is 23.1 Å². The number of benzene rings is 1. The largest absolute Gasteiger partial charge is 0.508 e. The molecule has 0 radical (unpaired) electrons. The van der Waals surface area contributed by atoms with Crippen molar-refractivity contribution in [2.75, 3.05) is 0 Å². The van der Waals surface area contributed by atoms with Crippen molar-refractivity contribution in [1.82, 2.24) is 0 Å². The van der Waals surface area contributed by atoms with Crippen LogP contribution in [0.4, 0.5) is 0 Å². The van der Waals surface area contributed by atoms with Gasteiger partial charge in [-0.25, -0.2) is 0 Å². The molecule has 1 aromatic rings. The second kappa shape index (κ2) is 3.79. The molecule has 0 unspecified atom stereocenters. The van der Waals surface area contributed by atoms with Crippen molar-refractivity contribution in [3.05, 3.63) is 28.8 Å². The van der Waals surface area contributed by atoms with Crippen LogP contribution >= 0.6 is 0 Å². The van der Waals surface area contributed by atoms with Crippen molar-refractivity contribution >= 4 is 0 Å². The molecular weight excluding hydrogens is 162 g/mol. The summed E-state index contributed by atoms with van der Waals surface area (Å²) in [4.78, 5) is 0. The van der Waals surface area contributed by atoms with Crippen molar-refractivity contribution in [2.45, 2.75) is 33.2 Å². The number of hydrogen-bond donors (Lipinski definition) is 2. The minimum absolute atomic E-state index is 0.0827. The smallest absolute Gasteiger partial charge is 0.118 e. The van der Waals surface area contributed by atoms with Crippen molar-refractivity contribution in [1.29, 1.82) is 0 Å². The Bertz CT molecular complexity index is 307. The molecule has 0 aliphatic rings. The second-order valence-electron chi connectivity index (χ2n) is 3.51. The lowest BCUT2D eigenvalue weighted by Gasteiger charge is -2.14. The monoisotopic (exact) mass is 179 g/mol. The third-order valence-corrected chi connectivity index (χ3v) is 2.42. The molecule has 1 aromatic carbocycles. The lowest BCUT2D eigenvalue weighted by molar-refractivity contribution is 0.470. The number of hydrogen-bond acceptors (Lipinski definition) is 2. The highest BCUT2D eigenvalue weighted by atomic mass is 16.3. The molecule has 3 N–H and O–H groups in total. The third kappa shape index (κ3) is 2.01. The van der Waals surface area contributed by atoms with Gasteiger partial charge in [0.1, 0.15) is 5.75 Å². The average Bonchev–Trinajstić information content (AvgIpc) is 2.10. The molecule has 0 saturated carbocycles. The van der Waals surface area contributed by atoms with Crippen LogP contribution in [-0.4, -0.2) is 5.11 Å². The summed E-state index contributed by atoms with van der Waals surface area (Å²) in [5.41, 5.74) is 9.03. The summed E-state index contributed by atoms with van der Waals surface area (Å²) in [7, 11) is 0. The van der Waals surface area contributed by atoms with Gasteiger partial charge >= 0.3 is 0 Å². The van der Waals surface area contributed by atoms with Crippen LogP contribution in [0.5, 0.6) is 5.75 Å². The molecule has 0 aliphatic carbocycles. The van der Waals surface area contributed by atoms with Gasteiger partial charge < -0.3 is 10.8 Å². The van der Waals surface area contributed by atoms with E-state index in [2.05, 4.69) is 6.92 Å². The first-order chi connectivity index (χ1) is 6.06. The molecule has 0 aromatic heterocycles. The van der Waals surface area contributed by atoms with Crippen molar-refractivity contribution < 1.29 is 5.11 Å². The second-order valence-corrected chi connectivity index (χ2v) is 3.51. The molecule has 0 bridgehead atoms. The summed E-state index contributed by atoms with van der Waals surface area (Å²) in [6.07, 6.45) is 0.922. The van der Waals surface area contributed by atoms with Crippen LogP contribution in [-0.2, 0) is 0 Å². The summed E-state index contributed by atoms with van der Waals surface area (Å²) in [6.45, 7) is 5.93.